The zero-order valence-corrected chi connectivity index (χ0v) is 19.6. The number of carbonyl (C=O) groups excluding carboxylic acids is 2. The SMILES string of the molecule is CCOc1ccc(N2C(=O)C(=O)/C(=C(\O)c3ccc(OC)c(Br)c3)C2c2ccccn2)cc1. The van der Waals surface area contributed by atoms with E-state index in [0.717, 1.165) is 0 Å². The maximum absolute atomic E-state index is 13.2. The summed E-state index contributed by atoms with van der Waals surface area (Å²) in [4.78, 5) is 32.1. The van der Waals surface area contributed by atoms with Crippen molar-refractivity contribution in [3.05, 3.63) is 88.2 Å². The van der Waals surface area contributed by atoms with Gasteiger partial charge in [-0.25, -0.2) is 0 Å². The fourth-order valence-electron chi connectivity index (χ4n) is 3.76. The number of ether oxygens (including phenoxy) is 2. The topological polar surface area (TPSA) is 89.0 Å². The number of pyridine rings is 1. The van der Waals surface area contributed by atoms with Gasteiger partial charge in [0, 0.05) is 17.4 Å². The summed E-state index contributed by atoms with van der Waals surface area (Å²) in [5.74, 6) is -0.605. The van der Waals surface area contributed by atoms with E-state index in [-0.39, 0.29) is 11.3 Å². The summed E-state index contributed by atoms with van der Waals surface area (Å²) < 4.78 is 11.3. The Morgan fingerprint density at radius 2 is 1.88 bits per heavy atom. The number of Topliss-reactive ketones (excluding diaryl/α,β-unsaturated/α-hetero) is 1. The number of amides is 1. The van der Waals surface area contributed by atoms with Crippen LogP contribution in [-0.4, -0.2) is 35.5 Å². The van der Waals surface area contributed by atoms with Crippen LogP contribution in [0.4, 0.5) is 5.69 Å². The van der Waals surface area contributed by atoms with Crippen LogP contribution < -0.4 is 14.4 Å². The van der Waals surface area contributed by atoms with Crippen LogP contribution in [0, 0.1) is 0 Å². The van der Waals surface area contributed by atoms with Gasteiger partial charge in [0.15, 0.2) is 0 Å². The molecule has 168 valence electrons. The molecule has 0 radical (unpaired) electrons. The number of aromatic nitrogens is 1. The number of aliphatic hydroxyl groups is 1. The predicted molar refractivity (Wildman–Crippen MR) is 127 cm³/mol. The lowest BCUT2D eigenvalue weighted by atomic mass is 9.98. The van der Waals surface area contributed by atoms with Crippen LogP contribution in [0.5, 0.6) is 11.5 Å². The van der Waals surface area contributed by atoms with E-state index in [2.05, 4.69) is 20.9 Å². The first-order valence-corrected chi connectivity index (χ1v) is 11.0. The van der Waals surface area contributed by atoms with Crippen molar-refractivity contribution in [3.63, 3.8) is 0 Å². The molecule has 33 heavy (non-hydrogen) atoms. The highest BCUT2D eigenvalue weighted by atomic mass is 79.9. The summed E-state index contributed by atoms with van der Waals surface area (Å²) in [7, 11) is 1.53. The second-order valence-corrected chi connectivity index (χ2v) is 8.05. The molecule has 0 bridgehead atoms. The van der Waals surface area contributed by atoms with Gasteiger partial charge in [-0.05, 0) is 77.5 Å². The van der Waals surface area contributed by atoms with Gasteiger partial charge in [-0.2, -0.15) is 0 Å². The Morgan fingerprint density at radius 3 is 2.48 bits per heavy atom. The molecule has 1 saturated heterocycles. The number of ketones is 1. The number of benzene rings is 2. The van der Waals surface area contributed by atoms with E-state index in [4.69, 9.17) is 9.47 Å². The monoisotopic (exact) mass is 508 g/mol. The van der Waals surface area contributed by atoms with Gasteiger partial charge in [0.05, 0.1) is 29.5 Å². The number of halogens is 1. The normalized spacial score (nSPS) is 17.3. The molecule has 0 saturated carbocycles. The minimum absolute atomic E-state index is 0.0374. The first-order chi connectivity index (χ1) is 16.0. The Labute approximate surface area is 199 Å². The maximum atomic E-state index is 13.2. The summed E-state index contributed by atoms with van der Waals surface area (Å²) >= 11 is 3.39. The number of aliphatic hydroxyl groups excluding tert-OH is 1. The van der Waals surface area contributed by atoms with Crippen LogP contribution in [0.25, 0.3) is 5.76 Å². The van der Waals surface area contributed by atoms with Crippen molar-refractivity contribution in [2.75, 3.05) is 18.6 Å². The van der Waals surface area contributed by atoms with E-state index in [9.17, 15) is 14.7 Å². The molecule has 1 atom stereocenters. The number of hydrogen-bond donors (Lipinski definition) is 1. The highest BCUT2D eigenvalue weighted by molar-refractivity contribution is 9.10. The number of anilines is 1. The average Bonchev–Trinajstić information content (AvgIpc) is 3.10. The van der Waals surface area contributed by atoms with Crippen molar-refractivity contribution in [1.82, 2.24) is 4.98 Å². The molecule has 1 N–H and O–H groups in total. The molecule has 7 nitrogen and oxygen atoms in total. The summed E-state index contributed by atoms with van der Waals surface area (Å²) in [6, 6.07) is 16.1. The van der Waals surface area contributed by atoms with Crippen LogP contribution in [0.2, 0.25) is 0 Å². The minimum Gasteiger partial charge on any atom is -0.507 e. The Kier molecular flexibility index (Phi) is 6.46. The van der Waals surface area contributed by atoms with E-state index in [1.165, 1.54) is 12.0 Å². The highest BCUT2D eigenvalue weighted by Crippen LogP contribution is 2.42. The summed E-state index contributed by atoms with van der Waals surface area (Å²) in [6.45, 7) is 2.39. The van der Waals surface area contributed by atoms with Crippen LogP contribution >= 0.6 is 15.9 Å². The number of methoxy groups -OCH3 is 1. The Balaban J connectivity index is 1.87. The number of carbonyl (C=O) groups is 2. The molecule has 1 aromatic heterocycles. The molecular formula is C25H21BrN2O5. The third-order valence-corrected chi connectivity index (χ3v) is 5.88. The largest absolute Gasteiger partial charge is 0.507 e. The third-order valence-electron chi connectivity index (χ3n) is 5.26. The lowest BCUT2D eigenvalue weighted by molar-refractivity contribution is -0.132. The third kappa shape index (κ3) is 4.21. The fraction of sp³-hybridized carbons (Fsp3) is 0.160. The van der Waals surface area contributed by atoms with Crippen molar-refractivity contribution in [3.8, 4) is 11.5 Å². The lowest BCUT2D eigenvalue weighted by Gasteiger charge is -2.24. The lowest BCUT2D eigenvalue weighted by Crippen LogP contribution is -2.29. The number of nitrogens with zero attached hydrogens (tertiary/aromatic N) is 2. The first kappa shape index (κ1) is 22.5. The number of rotatable bonds is 6. The molecule has 1 amide bonds. The van der Waals surface area contributed by atoms with E-state index in [1.54, 1.807) is 66.9 Å². The van der Waals surface area contributed by atoms with Gasteiger partial charge in [0.1, 0.15) is 23.3 Å². The number of hydrogen-bond acceptors (Lipinski definition) is 6. The smallest absolute Gasteiger partial charge is 0.300 e. The van der Waals surface area contributed by atoms with Crippen LogP contribution in [-0.2, 0) is 9.59 Å². The second-order valence-electron chi connectivity index (χ2n) is 7.20. The zero-order chi connectivity index (χ0) is 23.5. The molecule has 1 unspecified atom stereocenters. The molecule has 0 aliphatic carbocycles. The second kappa shape index (κ2) is 9.46. The van der Waals surface area contributed by atoms with Gasteiger partial charge in [0.2, 0.25) is 0 Å². The van der Waals surface area contributed by atoms with E-state index in [1.807, 2.05) is 6.92 Å². The van der Waals surface area contributed by atoms with Gasteiger partial charge < -0.3 is 14.6 Å². The molecule has 3 aromatic rings. The first-order valence-electron chi connectivity index (χ1n) is 10.2. The highest BCUT2D eigenvalue weighted by Gasteiger charge is 2.47. The van der Waals surface area contributed by atoms with Gasteiger partial charge in [-0.1, -0.05) is 6.07 Å². The molecule has 1 fully saturated rings. The van der Waals surface area contributed by atoms with E-state index in [0.29, 0.717) is 39.5 Å². The molecule has 8 heteroatoms. The van der Waals surface area contributed by atoms with Gasteiger partial charge in [0.25, 0.3) is 11.7 Å². The quantitative estimate of drug-likeness (QED) is 0.290. The standard InChI is InChI=1S/C25H21BrN2O5/c1-3-33-17-10-8-16(9-11-17)28-22(19-6-4-5-13-27-19)21(24(30)25(28)31)23(29)15-7-12-20(32-2)18(26)14-15/h4-14,22,29H,3H2,1-2H3/b23-21-. The van der Waals surface area contributed by atoms with Crippen LogP contribution in [0.15, 0.2) is 76.9 Å². The molecular weight excluding hydrogens is 488 g/mol. The van der Waals surface area contributed by atoms with Crippen molar-refractivity contribution >= 4 is 39.1 Å². The van der Waals surface area contributed by atoms with Gasteiger partial charge in [-0.15, -0.1) is 0 Å². The van der Waals surface area contributed by atoms with Crippen molar-refractivity contribution in [2.45, 2.75) is 13.0 Å². The summed E-state index contributed by atoms with van der Waals surface area (Å²) in [5.41, 5.74) is 1.28. The average molecular weight is 509 g/mol. The van der Waals surface area contributed by atoms with Crippen molar-refractivity contribution < 1.29 is 24.2 Å². The Morgan fingerprint density at radius 1 is 1.12 bits per heavy atom. The summed E-state index contributed by atoms with van der Waals surface area (Å²) in [5, 5.41) is 11.2. The Bertz CT molecular complexity index is 1230. The van der Waals surface area contributed by atoms with E-state index < -0.39 is 17.7 Å². The van der Waals surface area contributed by atoms with Crippen molar-refractivity contribution in [2.24, 2.45) is 0 Å². The zero-order valence-electron chi connectivity index (χ0n) is 18.0. The minimum atomic E-state index is -0.898. The van der Waals surface area contributed by atoms with Gasteiger partial charge >= 0.3 is 0 Å². The molecule has 1 aliphatic heterocycles. The molecule has 2 aromatic carbocycles. The van der Waals surface area contributed by atoms with Crippen LogP contribution in [0.1, 0.15) is 24.2 Å². The van der Waals surface area contributed by atoms with Crippen molar-refractivity contribution in [1.29, 1.82) is 0 Å². The fourth-order valence-corrected chi connectivity index (χ4v) is 4.30. The Hall–Kier alpha value is -3.65. The molecule has 2 heterocycles. The summed E-state index contributed by atoms with van der Waals surface area (Å²) in [6.07, 6.45) is 1.58. The van der Waals surface area contributed by atoms with E-state index >= 15 is 0 Å². The molecule has 1 aliphatic rings. The van der Waals surface area contributed by atoms with Gasteiger partial charge in [-0.3, -0.25) is 19.5 Å². The molecule has 0 spiro atoms. The predicted octanol–water partition coefficient (Wildman–Crippen LogP) is 4.88. The molecule has 4 rings (SSSR count). The van der Waals surface area contributed by atoms with Crippen LogP contribution in [0.3, 0.4) is 0 Å². The maximum Gasteiger partial charge on any atom is 0.300 e.